The fourth-order valence-corrected chi connectivity index (χ4v) is 2.22. The van der Waals surface area contributed by atoms with Gasteiger partial charge in [-0.2, -0.15) is 0 Å². The maximum Gasteiger partial charge on any atom is 0.0131 e. The van der Waals surface area contributed by atoms with E-state index in [1.165, 1.54) is 27.1 Å². The Hall–Kier alpha value is 0.300. The summed E-state index contributed by atoms with van der Waals surface area (Å²) in [6, 6.07) is 8.72. The predicted octanol–water partition coefficient (Wildman–Crippen LogP) is 4.18. The average molecular weight is 292 g/mol. The van der Waals surface area contributed by atoms with Crippen LogP contribution < -0.4 is 0 Å². The number of halogens is 1. The van der Waals surface area contributed by atoms with E-state index in [0.29, 0.717) is 0 Å². The molecule has 0 spiro atoms. The topological polar surface area (TPSA) is 0 Å². The van der Waals surface area contributed by atoms with Crippen LogP contribution in [-0.2, 0) is 0 Å². The lowest BCUT2D eigenvalue weighted by atomic mass is 10.4. The molecule has 0 aromatic heterocycles. The van der Waals surface area contributed by atoms with Crippen LogP contribution in [0, 0.1) is 3.57 Å². The minimum absolute atomic E-state index is 1.25. The van der Waals surface area contributed by atoms with Gasteiger partial charge in [0.05, 0.1) is 0 Å². The Labute approximate surface area is 92.3 Å². The maximum absolute atomic E-state index is 2.33. The third kappa shape index (κ3) is 3.81. The number of unbranched alkanes of at least 4 members (excludes halogenated alkanes) is 1. The summed E-state index contributed by atoms with van der Waals surface area (Å²) in [6.45, 7) is 2.23. The summed E-state index contributed by atoms with van der Waals surface area (Å²) in [6.07, 6.45) is 2.61. The molecule has 1 aromatic rings. The molecule has 0 aliphatic rings. The van der Waals surface area contributed by atoms with Crippen molar-refractivity contribution in [2.24, 2.45) is 0 Å². The zero-order valence-corrected chi connectivity index (χ0v) is 10.2. The molecule has 0 radical (unpaired) electrons. The van der Waals surface area contributed by atoms with Crippen LogP contribution in [0.3, 0.4) is 0 Å². The highest BCUT2D eigenvalue weighted by atomic mass is 127. The van der Waals surface area contributed by atoms with Crippen LogP contribution in [0.2, 0.25) is 0 Å². The van der Waals surface area contributed by atoms with Crippen molar-refractivity contribution >= 4 is 34.4 Å². The van der Waals surface area contributed by atoms with E-state index in [1.54, 1.807) is 0 Å². The molecular formula is C10H13IS. The Morgan fingerprint density at radius 1 is 1.25 bits per heavy atom. The van der Waals surface area contributed by atoms with E-state index in [9.17, 15) is 0 Å². The van der Waals surface area contributed by atoms with Gasteiger partial charge in [-0.25, -0.2) is 0 Å². The minimum Gasteiger partial charge on any atom is -0.126 e. The molecule has 2 heteroatoms. The van der Waals surface area contributed by atoms with Gasteiger partial charge in [0.2, 0.25) is 0 Å². The minimum atomic E-state index is 1.25. The van der Waals surface area contributed by atoms with Crippen molar-refractivity contribution in [1.82, 2.24) is 0 Å². The molecule has 0 aliphatic heterocycles. The van der Waals surface area contributed by atoms with Crippen LogP contribution in [0.15, 0.2) is 29.2 Å². The van der Waals surface area contributed by atoms with Crippen LogP contribution in [-0.4, -0.2) is 5.75 Å². The van der Waals surface area contributed by atoms with Gasteiger partial charge in [0.25, 0.3) is 0 Å². The number of hydrogen-bond acceptors (Lipinski definition) is 1. The third-order valence-electron chi connectivity index (χ3n) is 1.58. The molecule has 0 saturated heterocycles. The molecule has 0 fully saturated rings. The number of benzene rings is 1. The Balaban J connectivity index is 2.37. The lowest BCUT2D eigenvalue weighted by Crippen LogP contribution is -1.78. The van der Waals surface area contributed by atoms with E-state index in [1.807, 2.05) is 11.8 Å². The Morgan fingerprint density at radius 2 is 1.92 bits per heavy atom. The zero-order chi connectivity index (χ0) is 8.81. The number of hydrogen-bond donors (Lipinski definition) is 0. The maximum atomic E-state index is 2.33. The van der Waals surface area contributed by atoms with E-state index in [-0.39, 0.29) is 0 Å². The lowest BCUT2D eigenvalue weighted by Gasteiger charge is -1.99. The number of thioether (sulfide) groups is 1. The normalized spacial score (nSPS) is 10.2. The van der Waals surface area contributed by atoms with E-state index in [0.717, 1.165) is 0 Å². The quantitative estimate of drug-likeness (QED) is 0.455. The third-order valence-corrected chi connectivity index (χ3v) is 3.40. The molecule has 0 unspecified atom stereocenters. The molecule has 66 valence electrons. The van der Waals surface area contributed by atoms with Crippen LogP contribution in [0.4, 0.5) is 0 Å². The highest BCUT2D eigenvalue weighted by Crippen LogP contribution is 2.19. The van der Waals surface area contributed by atoms with Crippen LogP contribution >= 0.6 is 34.4 Å². The molecule has 0 heterocycles. The van der Waals surface area contributed by atoms with Crippen molar-refractivity contribution in [2.45, 2.75) is 24.7 Å². The summed E-state index contributed by atoms with van der Waals surface area (Å²) in [5, 5.41) is 0. The summed E-state index contributed by atoms with van der Waals surface area (Å²) in [5.41, 5.74) is 0. The second-order valence-corrected chi connectivity index (χ2v) is 5.07. The molecule has 0 N–H and O–H groups in total. The highest BCUT2D eigenvalue weighted by Gasteiger charge is 1.92. The van der Waals surface area contributed by atoms with Crippen molar-refractivity contribution in [2.75, 3.05) is 5.75 Å². The largest absolute Gasteiger partial charge is 0.126 e. The van der Waals surface area contributed by atoms with Gasteiger partial charge < -0.3 is 0 Å². The molecule has 0 bridgehead atoms. The smallest absolute Gasteiger partial charge is 0.0131 e. The monoisotopic (exact) mass is 292 g/mol. The van der Waals surface area contributed by atoms with E-state index < -0.39 is 0 Å². The van der Waals surface area contributed by atoms with Crippen molar-refractivity contribution in [3.63, 3.8) is 0 Å². The Morgan fingerprint density at radius 3 is 2.50 bits per heavy atom. The van der Waals surface area contributed by atoms with Crippen LogP contribution in [0.5, 0.6) is 0 Å². The molecule has 12 heavy (non-hydrogen) atoms. The summed E-state index contributed by atoms with van der Waals surface area (Å²) in [5.74, 6) is 1.25. The first-order chi connectivity index (χ1) is 5.83. The lowest BCUT2D eigenvalue weighted by molar-refractivity contribution is 0.896. The Kier molecular flexibility index (Phi) is 5.07. The van der Waals surface area contributed by atoms with Gasteiger partial charge in [-0.05, 0) is 59.0 Å². The van der Waals surface area contributed by atoms with Gasteiger partial charge in [-0.1, -0.05) is 13.3 Å². The fourth-order valence-electron chi connectivity index (χ4n) is 0.865. The first-order valence-electron chi connectivity index (χ1n) is 4.21. The zero-order valence-electron chi connectivity index (χ0n) is 7.22. The SMILES string of the molecule is CCCCSc1ccc(I)cc1. The fraction of sp³-hybridized carbons (Fsp3) is 0.400. The van der Waals surface area contributed by atoms with Gasteiger partial charge in [0, 0.05) is 8.47 Å². The standard InChI is InChI=1S/C10H13IS/c1-2-3-8-12-10-6-4-9(11)5-7-10/h4-7H,2-3,8H2,1H3. The van der Waals surface area contributed by atoms with E-state index in [4.69, 9.17) is 0 Å². The van der Waals surface area contributed by atoms with Gasteiger partial charge in [-0.3, -0.25) is 0 Å². The predicted molar refractivity (Wildman–Crippen MR) is 64.8 cm³/mol. The molecule has 0 aliphatic carbocycles. The first kappa shape index (κ1) is 10.4. The van der Waals surface area contributed by atoms with Gasteiger partial charge in [0.15, 0.2) is 0 Å². The van der Waals surface area contributed by atoms with Crippen molar-refractivity contribution in [1.29, 1.82) is 0 Å². The molecule has 1 aromatic carbocycles. The Bertz CT molecular complexity index is 218. The van der Waals surface area contributed by atoms with Crippen LogP contribution in [0.25, 0.3) is 0 Å². The average Bonchev–Trinajstić information content (AvgIpc) is 2.09. The van der Waals surface area contributed by atoms with Gasteiger partial charge in [-0.15, -0.1) is 11.8 Å². The molecule has 0 nitrogen and oxygen atoms in total. The molecule has 0 amide bonds. The second kappa shape index (κ2) is 5.86. The molecule has 1 rings (SSSR count). The summed E-state index contributed by atoms with van der Waals surface area (Å²) in [7, 11) is 0. The summed E-state index contributed by atoms with van der Waals surface area (Å²) < 4.78 is 1.31. The van der Waals surface area contributed by atoms with E-state index in [2.05, 4.69) is 53.8 Å². The summed E-state index contributed by atoms with van der Waals surface area (Å²) in [4.78, 5) is 1.39. The molecular weight excluding hydrogens is 279 g/mol. The second-order valence-electron chi connectivity index (χ2n) is 2.66. The van der Waals surface area contributed by atoms with Crippen molar-refractivity contribution in [3.05, 3.63) is 27.8 Å². The summed E-state index contributed by atoms with van der Waals surface area (Å²) >= 11 is 4.28. The first-order valence-corrected chi connectivity index (χ1v) is 6.27. The highest BCUT2D eigenvalue weighted by molar-refractivity contribution is 14.1. The molecule has 0 saturated carbocycles. The van der Waals surface area contributed by atoms with Gasteiger partial charge in [0.1, 0.15) is 0 Å². The van der Waals surface area contributed by atoms with Crippen LogP contribution in [0.1, 0.15) is 19.8 Å². The van der Waals surface area contributed by atoms with Gasteiger partial charge >= 0.3 is 0 Å². The van der Waals surface area contributed by atoms with Crippen molar-refractivity contribution < 1.29 is 0 Å². The number of rotatable bonds is 4. The molecule has 0 atom stereocenters. The van der Waals surface area contributed by atoms with Crippen molar-refractivity contribution in [3.8, 4) is 0 Å². The van der Waals surface area contributed by atoms with E-state index >= 15 is 0 Å².